The molecule has 2 rings (SSSR count). The molecular formula is C13H20NO2P. The van der Waals surface area contributed by atoms with Crippen LogP contribution < -0.4 is 0 Å². The van der Waals surface area contributed by atoms with Crippen molar-refractivity contribution in [2.24, 2.45) is 0 Å². The van der Waals surface area contributed by atoms with E-state index in [4.69, 9.17) is 4.52 Å². The third-order valence-electron chi connectivity index (χ3n) is 3.16. The molecule has 0 N–H and O–H groups in total. The molecule has 0 aromatic heterocycles. The molecule has 0 amide bonds. The van der Waals surface area contributed by atoms with Crippen LogP contribution in [-0.2, 0) is 15.3 Å². The van der Waals surface area contributed by atoms with E-state index >= 15 is 0 Å². The van der Waals surface area contributed by atoms with Crippen molar-refractivity contribution in [1.82, 2.24) is 4.67 Å². The minimum absolute atomic E-state index is 0.104. The van der Waals surface area contributed by atoms with E-state index < -0.39 is 7.52 Å². The summed E-state index contributed by atoms with van der Waals surface area (Å²) in [6, 6.07) is 9.95. The van der Waals surface area contributed by atoms with Crippen LogP contribution >= 0.6 is 7.52 Å². The standard InChI is InChI=1S/C13H20NO2P/c1-3-14-10-9-12(2)16-17(14,15)11-13-7-5-4-6-8-13/h4-8,12H,3,9-11H2,1-2H3/t12-,17-/m0/s1. The third-order valence-corrected chi connectivity index (χ3v) is 5.96. The number of benzene rings is 1. The Hall–Kier alpha value is -0.630. The van der Waals surface area contributed by atoms with Gasteiger partial charge in [-0.2, -0.15) is 0 Å². The van der Waals surface area contributed by atoms with Crippen LogP contribution in [0.15, 0.2) is 30.3 Å². The van der Waals surface area contributed by atoms with Crippen LogP contribution in [0.5, 0.6) is 0 Å². The van der Waals surface area contributed by atoms with Crippen molar-refractivity contribution < 1.29 is 9.09 Å². The molecule has 1 saturated heterocycles. The highest BCUT2D eigenvalue weighted by Crippen LogP contribution is 2.57. The Labute approximate surface area is 103 Å². The fraction of sp³-hybridized carbons (Fsp3) is 0.538. The lowest BCUT2D eigenvalue weighted by molar-refractivity contribution is 0.141. The van der Waals surface area contributed by atoms with Crippen molar-refractivity contribution >= 4 is 7.52 Å². The zero-order valence-electron chi connectivity index (χ0n) is 10.5. The van der Waals surface area contributed by atoms with Gasteiger partial charge in [0.05, 0.1) is 12.3 Å². The molecule has 4 heteroatoms. The molecule has 3 nitrogen and oxygen atoms in total. The van der Waals surface area contributed by atoms with Gasteiger partial charge in [-0.25, -0.2) is 4.67 Å². The van der Waals surface area contributed by atoms with Crippen molar-refractivity contribution in [3.63, 3.8) is 0 Å². The van der Waals surface area contributed by atoms with Gasteiger partial charge in [0, 0.05) is 13.1 Å². The van der Waals surface area contributed by atoms with Gasteiger partial charge in [0.15, 0.2) is 0 Å². The van der Waals surface area contributed by atoms with Crippen LogP contribution in [0, 0.1) is 0 Å². The van der Waals surface area contributed by atoms with Gasteiger partial charge >= 0.3 is 0 Å². The third kappa shape index (κ3) is 2.98. The highest BCUT2D eigenvalue weighted by molar-refractivity contribution is 7.55. The van der Waals surface area contributed by atoms with Crippen LogP contribution in [0.3, 0.4) is 0 Å². The first-order valence-corrected chi connectivity index (χ1v) is 7.97. The first-order valence-electron chi connectivity index (χ1n) is 6.21. The average molecular weight is 253 g/mol. The van der Waals surface area contributed by atoms with Crippen molar-refractivity contribution in [3.8, 4) is 0 Å². The maximum absolute atomic E-state index is 12.9. The lowest BCUT2D eigenvalue weighted by atomic mass is 10.2. The molecule has 0 saturated carbocycles. The second-order valence-electron chi connectivity index (χ2n) is 4.53. The average Bonchev–Trinajstić information content (AvgIpc) is 2.30. The second kappa shape index (κ2) is 5.34. The van der Waals surface area contributed by atoms with Crippen molar-refractivity contribution in [2.45, 2.75) is 32.5 Å². The van der Waals surface area contributed by atoms with E-state index in [-0.39, 0.29) is 6.10 Å². The summed E-state index contributed by atoms with van der Waals surface area (Å²) in [5, 5.41) is 0. The molecule has 1 aromatic rings. The molecule has 1 aliphatic heterocycles. The molecule has 0 spiro atoms. The smallest absolute Gasteiger partial charge is 0.276 e. The maximum atomic E-state index is 12.9. The van der Waals surface area contributed by atoms with E-state index in [0.717, 1.165) is 25.1 Å². The zero-order valence-corrected chi connectivity index (χ0v) is 11.4. The van der Waals surface area contributed by atoms with Gasteiger partial charge in [-0.1, -0.05) is 37.3 Å². The number of hydrogen-bond acceptors (Lipinski definition) is 2. The van der Waals surface area contributed by atoms with Gasteiger partial charge in [0.25, 0.3) is 7.52 Å². The summed E-state index contributed by atoms with van der Waals surface area (Å²) in [7, 11) is -2.67. The minimum atomic E-state index is -2.67. The minimum Gasteiger partial charge on any atom is -0.314 e. The van der Waals surface area contributed by atoms with Crippen LogP contribution in [-0.4, -0.2) is 23.9 Å². The Bertz CT molecular complexity index is 407. The Balaban J connectivity index is 2.17. The summed E-state index contributed by atoms with van der Waals surface area (Å²) in [6.07, 6.45) is 1.59. The second-order valence-corrected chi connectivity index (χ2v) is 6.90. The number of rotatable bonds is 3. The van der Waals surface area contributed by atoms with E-state index in [1.807, 2.05) is 48.8 Å². The Morgan fingerprint density at radius 2 is 2.12 bits per heavy atom. The fourth-order valence-corrected chi connectivity index (χ4v) is 4.81. The summed E-state index contributed by atoms with van der Waals surface area (Å²) in [5.74, 6) is 0. The highest BCUT2D eigenvalue weighted by atomic mass is 31.2. The van der Waals surface area contributed by atoms with E-state index in [2.05, 4.69) is 0 Å². The van der Waals surface area contributed by atoms with E-state index in [9.17, 15) is 4.57 Å². The fourth-order valence-electron chi connectivity index (χ4n) is 2.21. The normalized spacial score (nSPS) is 30.4. The Morgan fingerprint density at radius 3 is 2.76 bits per heavy atom. The van der Waals surface area contributed by atoms with Crippen LogP contribution in [0.25, 0.3) is 0 Å². The summed E-state index contributed by atoms with van der Waals surface area (Å²) in [4.78, 5) is 0. The molecule has 2 atom stereocenters. The Morgan fingerprint density at radius 1 is 1.41 bits per heavy atom. The molecule has 17 heavy (non-hydrogen) atoms. The number of hydrogen-bond donors (Lipinski definition) is 0. The van der Waals surface area contributed by atoms with Gasteiger partial charge in [-0.15, -0.1) is 0 Å². The zero-order chi connectivity index (χ0) is 12.3. The highest BCUT2D eigenvalue weighted by Gasteiger charge is 2.36. The molecule has 0 aliphatic carbocycles. The van der Waals surface area contributed by atoms with Gasteiger partial charge in [0.1, 0.15) is 0 Å². The lowest BCUT2D eigenvalue weighted by Gasteiger charge is -2.37. The summed E-state index contributed by atoms with van der Waals surface area (Å²) in [5.41, 5.74) is 1.09. The van der Waals surface area contributed by atoms with E-state index in [1.165, 1.54) is 0 Å². The van der Waals surface area contributed by atoms with E-state index in [0.29, 0.717) is 6.16 Å². The molecule has 0 radical (unpaired) electrons. The van der Waals surface area contributed by atoms with Gasteiger partial charge in [-0.05, 0) is 18.9 Å². The molecule has 1 aromatic carbocycles. The van der Waals surface area contributed by atoms with Crippen molar-refractivity contribution in [3.05, 3.63) is 35.9 Å². The summed E-state index contributed by atoms with van der Waals surface area (Å²) < 4.78 is 20.6. The predicted octanol–water partition coefficient (Wildman–Crippen LogP) is 3.51. The van der Waals surface area contributed by atoms with Gasteiger partial charge < -0.3 is 4.52 Å². The Kier molecular flexibility index (Phi) is 4.03. The predicted molar refractivity (Wildman–Crippen MR) is 70.2 cm³/mol. The van der Waals surface area contributed by atoms with Crippen molar-refractivity contribution in [1.29, 1.82) is 0 Å². The van der Waals surface area contributed by atoms with Gasteiger partial charge in [0.2, 0.25) is 0 Å². The van der Waals surface area contributed by atoms with E-state index in [1.54, 1.807) is 0 Å². The monoisotopic (exact) mass is 253 g/mol. The summed E-state index contributed by atoms with van der Waals surface area (Å²) >= 11 is 0. The molecule has 0 unspecified atom stereocenters. The van der Waals surface area contributed by atoms with Crippen LogP contribution in [0.4, 0.5) is 0 Å². The molecule has 0 bridgehead atoms. The molecule has 94 valence electrons. The van der Waals surface area contributed by atoms with Crippen LogP contribution in [0.2, 0.25) is 0 Å². The summed E-state index contributed by atoms with van der Waals surface area (Å²) in [6.45, 7) is 5.71. The number of nitrogens with zero attached hydrogens (tertiary/aromatic N) is 1. The lowest BCUT2D eigenvalue weighted by Crippen LogP contribution is -2.32. The molecule has 1 fully saturated rings. The maximum Gasteiger partial charge on any atom is 0.276 e. The first-order chi connectivity index (χ1) is 8.14. The largest absolute Gasteiger partial charge is 0.314 e. The van der Waals surface area contributed by atoms with Crippen molar-refractivity contribution in [2.75, 3.05) is 13.1 Å². The molecular weight excluding hydrogens is 233 g/mol. The molecule has 1 aliphatic rings. The SMILES string of the molecule is CCN1CC[C@H](C)O[P@@]1(=O)Cc1ccccc1. The first kappa shape index (κ1) is 12.8. The molecule has 1 heterocycles. The quantitative estimate of drug-likeness (QED) is 0.772. The van der Waals surface area contributed by atoms with Crippen LogP contribution in [0.1, 0.15) is 25.8 Å². The van der Waals surface area contributed by atoms with Gasteiger partial charge in [-0.3, -0.25) is 4.57 Å². The topological polar surface area (TPSA) is 29.5 Å².